The molecule has 0 aliphatic rings. The van der Waals surface area contributed by atoms with E-state index in [9.17, 15) is 0 Å². The highest BCUT2D eigenvalue weighted by molar-refractivity contribution is 9.11. The fraction of sp³-hybridized carbons (Fsp3) is 0. The first-order valence-corrected chi connectivity index (χ1v) is 20.7. The fourth-order valence-electron chi connectivity index (χ4n) is 6.16. The van der Waals surface area contributed by atoms with E-state index in [0.29, 0.717) is 0 Å². The topological polar surface area (TPSA) is 0 Å². The van der Waals surface area contributed by atoms with Crippen molar-refractivity contribution in [3.05, 3.63) is 220 Å². The van der Waals surface area contributed by atoms with Gasteiger partial charge in [0.2, 0.25) is 0 Å². The van der Waals surface area contributed by atoms with Gasteiger partial charge >= 0.3 is 0 Å². The molecule has 0 atom stereocenters. The molecule has 0 spiro atoms. The lowest BCUT2D eigenvalue weighted by molar-refractivity contribution is 1.48. The second-order valence-corrected chi connectivity index (χ2v) is 16.1. The van der Waals surface area contributed by atoms with Crippen molar-refractivity contribution >= 4 is 112 Å². The van der Waals surface area contributed by atoms with Crippen LogP contribution < -0.4 is 0 Å². The predicted molar refractivity (Wildman–Crippen MR) is 250 cm³/mol. The molecule has 0 saturated carbocycles. The Balaban J connectivity index is 1.29. The number of rotatable bonds is 10. The van der Waals surface area contributed by atoms with E-state index in [2.05, 4.69) is 246 Å². The van der Waals surface area contributed by atoms with Crippen LogP contribution in [0, 0.1) is 0 Å². The fourth-order valence-corrected chi connectivity index (χ4v) is 8.42. The third-order valence-corrected chi connectivity index (χ3v) is 11.6. The van der Waals surface area contributed by atoms with Crippen LogP contribution >= 0.6 is 63.7 Å². The predicted octanol–water partition coefficient (Wildman–Crippen LogP) is 16.8. The molecule has 54 heavy (non-hydrogen) atoms. The maximum Gasteiger partial charge on any atom is 0.0261 e. The molecule has 0 unspecified atom stereocenters. The van der Waals surface area contributed by atoms with Crippen LogP contribution in [0.4, 0.5) is 0 Å². The van der Waals surface area contributed by atoms with E-state index in [4.69, 9.17) is 0 Å². The molecule has 0 N–H and O–H groups in total. The van der Waals surface area contributed by atoms with E-state index >= 15 is 0 Å². The van der Waals surface area contributed by atoms with Gasteiger partial charge in [0, 0.05) is 17.9 Å². The van der Waals surface area contributed by atoms with E-state index in [1.54, 1.807) is 0 Å². The highest BCUT2D eigenvalue weighted by Crippen LogP contribution is 2.44. The van der Waals surface area contributed by atoms with Crippen molar-refractivity contribution in [1.29, 1.82) is 0 Å². The van der Waals surface area contributed by atoms with E-state index in [0.717, 1.165) is 84.7 Å². The minimum atomic E-state index is 0.994. The van der Waals surface area contributed by atoms with Crippen molar-refractivity contribution < 1.29 is 0 Å². The largest absolute Gasteiger partial charge is 0.0622 e. The zero-order valence-electron chi connectivity index (χ0n) is 29.1. The summed E-state index contributed by atoms with van der Waals surface area (Å²) in [5.41, 5.74) is 13.4. The molecule has 4 heteroatoms. The van der Waals surface area contributed by atoms with Crippen molar-refractivity contribution in [2.45, 2.75) is 0 Å². The van der Waals surface area contributed by atoms with E-state index in [-0.39, 0.29) is 0 Å². The molecule has 7 aromatic rings. The maximum atomic E-state index is 3.99. The summed E-state index contributed by atoms with van der Waals surface area (Å²) in [5.74, 6) is 0. The Bertz CT molecular complexity index is 2320. The molecule has 0 radical (unpaired) electrons. The molecule has 0 aromatic heterocycles. The van der Waals surface area contributed by atoms with Gasteiger partial charge in [-0.05, 0) is 103 Å². The Kier molecular flexibility index (Phi) is 12.7. The minimum Gasteiger partial charge on any atom is -0.0622 e. The molecule has 0 nitrogen and oxygen atoms in total. The molecule has 0 aliphatic heterocycles. The van der Waals surface area contributed by atoms with Gasteiger partial charge in [-0.15, -0.1) is 0 Å². The van der Waals surface area contributed by atoms with Gasteiger partial charge in [-0.1, -0.05) is 234 Å². The van der Waals surface area contributed by atoms with Crippen LogP contribution in [0.1, 0.15) is 44.5 Å². The summed E-state index contributed by atoms with van der Waals surface area (Å²) in [5, 5.41) is 0. The molecule has 0 amide bonds. The molecule has 7 aromatic carbocycles. The summed E-state index contributed by atoms with van der Waals surface area (Å²) in [7, 11) is 0. The lowest BCUT2D eigenvalue weighted by Crippen LogP contribution is -1.92. The van der Waals surface area contributed by atoms with Crippen molar-refractivity contribution in [2.24, 2.45) is 0 Å². The zero-order chi connectivity index (χ0) is 37.3. The standard InChI is InChI=1S/C50H34Br4/c51-47-31-41(27-23-37-17-9-3-10-18-37)39(25-21-35-13-5-1-6-14-35)29-43(47)45-33-50(54)46(34-49(45)53)44-30-40(26-22-36-15-7-2-8-16-36)42(32-48(44)52)28-24-38-19-11-4-12-20-38/h1-34H/b25-21+,26-22+,27-23+,28-24+. The molecule has 0 heterocycles. The van der Waals surface area contributed by atoms with Crippen molar-refractivity contribution in [3.63, 3.8) is 0 Å². The van der Waals surface area contributed by atoms with Gasteiger partial charge in [-0.3, -0.25) is 0 Å². The molecule has 7 rings (SSSR count). The normalized spacial score (nSPS) is 11.8. The number of hydrogen-bond donors (Lipinski definition) is 0. The third-order valence-electron chi connectivity index (χ3n) is 9.00. The molecular weight excluding hydrogens is 920 g/mol. The average molecular weight is 954 g/mol. The lowest BCUT2D eigenvalue weighted by atomic mass is 9.94. The van der Waals surface area contributed by atoms with Crippen LogP contribution in [0.25, 0.3) is 70.9 Å². The van der Waals surface area contributed by atoms with Gasteiger partial charge in [0.15, 0.2) is 0 Å². The van der Waals surface area contributed by atoms with Crippen molar-refractivity contribution in [3.8, 4) is 22.3 Å². The second-order valence-electron chi connectivity index (χ2n) is 12.7. The Morgan fingerprint density at radius 2 is 0.463 bits per heavy atom. The van der Waals surface area contributed by atoms with Gasteiger partial charge < -0.3 is 0 Å². The number of hydrogen-bond acceptors (Lipinski definition) is 0. The summed E-state index contributed by atoms with van der Waals surface area (Å²) in [6, 6.07) is 55.0. The number of halogens is 4. The van der Waals surface area contributed by atoms with Crippen LogP contribution in [-0.2, 0) is 0 Å². The summed E-state index contributed by atoms with van der Waals surface area (Å²) in [6.45, 7) is 0. The molecule has 262 valence electrons. The summed E-state index contributed by atoms with van der Waals surface area (Å²) in [4.78, 5) is 0. The summed E-state index contributed by atoms with van der Waals surface area (Å²) in [6.07, 6.45) is 17.4. The van der Waals surface area contributed by atoms with Gasteiger partial charge in [0.25, 0.3) is 0 Å². The lowest BCUT2D eigenvalue weighted by Gasteiger charge is -2.16. The minimum absolute atomic E-state index is 0.994. The van der Waals surface area contributed by atoms with Gasteiger partial charge in [-0.2, -0.15) is 0 Å². The van der Waals surface area contributed by atoms with Gasteiger partial charge in [0.05, 0.1) is 0 Å². The Hall–Kier alpha value is -4.58. The average Bonchev–Trinajstić information content (AvgIpc) is 3.21. The quantitative estimate of drug-likeness (QED) is 0.120. The molecule has 0 aliphatic carbocycles. The zero-order valence-corrected chi connectivity index (χ0v) is 35.5. The SMILES string of the molecule is Brc1cc(-c2cc(/C=C/c3ccccc3)c(/C=C/c3ccccc3)cc2Br)c(Br)cc1-c1cc(/C=C/c2ccccc2)c(/C=C/c2ccccc2)cc1Br. The highest BCUT2D eigenvalue weighted by atomic mass is 79.9. The van der Waals surface area contributed by atoms with Crippen LogP contribution in [0.2, 0.25) is 0 Å². The monoisotopic (exact) mass is 950 g/mol. The molecule has 0 saturated heterocycles. The first-order chi connectivity index (χ1) is 26.4. The third kappa shape index (κ3) is 9.55. The molecule has 0 bridgehead atoms. The van der Waals surface area contributed by atoms with Crippen LogP contribution in [0.15, 0.2) is 176 Å². The van der Waals surface area contributed by atoms with E-state index < -0.39 is 0 Å². The highest BCUT2D eigenvalue weighted by Gasteiger charge is 2.17. The molecular formula is C50H34Br4. The van der Waals surface area contributed by atoms with Gasteiger partial charge in [0.1, 0.15) is 0 Å². The smallest absolute Gasteiger partial charge is 0.0261 e. The van der Waals surface area contributed by atoms with Gasteiger partial charge in [-0.25, -0.2) is 0 Å². The van der Waals surface area contributed by atoms with Crippen molar-refractivity contribution in [2.75, 3.05) is 0 Å². The van der Waals surface area contributed by atoms with E-state index in [1.807, 2.05) is 24.3 Å². The van der Waals surface area contributed by atoms with E-state index in [1.165, 1.54) is 0 Å². The second kappa shape index (κ2) is 18.2. The molecule has 0 fully saturated rings. The van der Waals surface area contributed by atoms with Crippen LogP contribution in [0.5, 0.6) is 0 Å². The van der Waals surface area contributed by atoms with Crippen LogP contribution in [0.3, 0.4) is 0 Å². The summed E-state index contributed by atoms with van der Waals surface area (Å²) >= 11 is 15.9. The number of benzene rings is 7. The maximum absolute atomic E-state index is 3.99. The summed E-state index contributed by atoms with van der Waals surface area (Å²) < 4.78 is 4.01. The first-order valence-electron chi connectivity index (χ1n) is 17.5. The Morgan fingerprint density at radius 3 is 0.741 bits per heavy atom. The van der Waals surface area contributed by atoms with Crippen LogP contribution in [-0.4, -0.2) is 0 Å². The Labute approximate surface area is 351 Å². The Morgan fingerprint density at radius 1 is 0.241 bits per heavy atom. The first kappa shape index (κ1) is 37.7. The van der Waals surface area contributed by atoms with Crippen molar-refractivity contribution in [1.82, 2.24) is 0 Å².